The molecule has 0 aliphatic rings. The first kappa shape index (κ1) is 17.2. The van der Waals surface area contributed by atoms with Gasteiger partial charge in [0.2, 0.25) is 5.78 Å². The smallest absolute Gasteiger partial charge is 0.263 e. The van der Waals surface area contributed by atoms with Crippen molar-refractivity contribution in [3.8, 4) is 0 Å². The molecule has 2 aromatic rings. The fraction of sp³-hybridized carbons (Fsp3) is 0.357. The average molecular weight is 405 g/mol. The van der Waals surface area contributed by atoms with Gasteiger partial charge in [-0.05, 0) is 47.6 Å². The van der Waals surface area contributed by atoms with Crippen molar-refractivity contribution >= 4 is 50.6 Å². The zero-order valence-corrected chi connectivity index (χ0v) is 15.5. The third kappa shape index (κ3) is 3.26. The van der Waals surface area contributed by atoms with Gasteiger partial charge in [-0.2, -0.15) is 5.10 Å². The molecule has 5 nitrogen and oxygen atoms in total. The topological polar surface area (TPSA) is 64.0 Å². The van der Waals surface area contributed by atoms with Crippen molar-refractivity contribution in [1.82, 2.24) is 15.1 Å². The van der Waals surface area contributed by atoms with Crippen LogP contribution in [-0.2, 0) is 6.54 Å². The Morgan fingerprint density at radius 3 is 2.68 bits per heavy atom. The summed E-state index contributed by atoms with van der Waals surface area (Å²) in [6, 6.07) is 0. The van der Waals surface area contributed by atoms with E-state index in [1.165, 1.54) is 11.3 Å². The van der Waals surface area contributed by atoms with Gasteiger partial charge >= 0.3 is 0 Å². The minimum Gasteiger partial charge on any atom is -0.344 e. The number of nitrogens with zero attached hydrogens (tertiary/aromatic N) is 2. The van der Waals surface area contributed by atoms with Crippen LogP contribution in [0.25, 0.3) is 0 Å². The largest absolute Gasteiger partial charge is 0.344 e. The summed E-state index contributed by atoms with van der Waals surface area (Å²) in [5.41, 5.74) is 2.06. The molecule has 0 radical (unpaired) electrons. The third-order valence-electron chi connectivity index (χ3n) is 3.13. The average Bonchev–Trinajstić information content (AvgIpc) is 2.97. The van der Waals surface area contributed by atoms with Gasteiger partial charge in [0.15, 0.2) is 0 Å². The van der Waals surface area contributed by atoms with Crippen LogP contribution in [0.2, 0.25) is 5.02 Å². The number of aryl methyl sites for hydroxylation is 3. The van der Waals surface area contributed by atoms with Gasteiger partial charge in [-0.15, -0.1) is 11.3 Å². The Hall–Kier alpha value is -1.18. The molecule has 0 fully saturated rings. The number of rotatable bonds is 5. The Kier molecular flexibility index (Phi) is 5.41. The summed E-state index contributed by atoms with van der Waals surface area (Å²) in [6.07, 6.45) is 0. The van der Waals surface area contributed by atoms with Crippen LogP contribution < -0.4 is 5.32 Å². The molecular weight excluding hydrogens is 390 g/mol. The molecule has 0 aromatic carbocycles. The van der Waals surface area contributed by atoms with Gasteiger partial charge in [-0.25, -0.2) is 0 Å². The van der Waals surface area contributed by atoms with E-state index >= 15 is 0 Å². The molecule has 0 atom stereocenters. The summed E-state index contributed by atoms with van der Waals surface area (Å²) in [6.45, 7) is 6.04. The lowest BCUT2D eigenvalue weighted by atomic mass is 10.2. The Balaban J connectivity index is 2.10. The second kappa shape index (κ2) is 6.93. The lowest BCUT2D eigenvalue weighted by Gasteiger charge is -2.06. The lowest BCUT2D eigenvalue weighted by molar-refractivity contribution is 0.0902. The van der Waals surface area contributed by atoms with Crippen molar-refractivity contribution in [1.29, 1.82) is 0 Å². The minimum atomic E-state index is -0.341. The quantitative estimate of drug-likeness (QED) is 0.774. The SMILES string of the molecule is CCn1nc(C)c(Br)c1C(=O)CNC(=O)c1scc(C)c1Cl. The molecule has 118 valence electrons. The highest BCUT2D eigenvalue weighted by molar-refractivity contribution is 9.10. The number of amides is 1. The molecule has 22 heavy (non-hydrogen) atoms. The van der Waals surface area contributed by atoms with E-state index in [9.17, 15) is 9.59 Å². The van der Waals surface area contributed by atoms with Crippen LogP contribution in [0.5, 0.6) is 0 Å². The Morgan fingerprint density at radius 2 is 2.14 bits per heavy atom. The van der Waals surface area contributed by atoms with Crippen molar-refractivity contribution in [3.05, 3.63) is 36.7 Å². The minimum absolute atomic E-state index is 0.101. The number of carbonyl (C=O) groups is 2. The molecule has 1 N–H and O–H groups in total. The zero-order chi connectivity index (χ0) is 16.4. The van der Waals surface area contributed by atoms with E-state index < -0.39 is 0 Å². The molecule has 0 bridgehead atoms. The molecule has 2 aromatic heterocycles. The monoisotopic (exact) mass is 403 g/mol. The predicted octanol–water partition coefficient (Wildman–Crippen LogP) is 3.61. The molecule has 0 saturated carbocycles. The summed E-state index contributed by atoms with van der Waals surface area (Å²) >= 11 is 10.7. The number of Topliss-reactive ketones (excluding diaryl/α,β-unsaturated/α-hetero) is 1. The number of hydrogen-bond acceptors (Lipinski definition) is 4. The number of aromatic nitrogens is 2. The van der Waals surface area contributed by atoms with Gasteiger partial charge in [-0.3, -0.25) is 14.3 Å². The fourth-order valence-electron chi connectivity index (χ4n) is 1.96. The third-order valence-corrected chi connectivity index (χ3v) is 5.78. The van der Waals surface area contributed by atoms with Crippen LogP contribution in [0.4, 0.5) is 0 Å². The molecule has 2 heterocycles. The van der Waals surface area contributed by atoms with E-state index in [0.29, 0.717) is 26.6 Å². The number of carbonyl (C=O) groups excluding carboxylic acids is 2. The fourth-order valence-corrected chi connectivity index (χ4v) is 3.66. The number of thiophene rings is 1. The predicted molar refractivity (Wildman–Crippen MR) is 91.1 cm³/mol. The maximum absolute atomic E-state index is 12.3. The van der Waals surface area contributed by atoms with Crippen LogP contribution >= 0.6 is 38.9 Å². The Morgan fingerprint density at radius 1 is 1.45 bits per heavy atom. The molecule has 0 spiro atoms. The molecule has 1 amide bonds. The molecule has 0 saturated heterocycles. The normalized spacial score (nSPS) is 10.8. The zero-order valence-electron chi connectivity index (χ0n) is 12.4. The van der Waals surface area contributed by atoms with E-state index in [1.807, 2.05) is 26.2 Å². The van der Waals surface area contributed by atoms with Gasteiger partial charge in [0.1, 0.15) is 10.6 Å². The number of nitrogens with one attached hydrogen (secondary N) is 1. The van der Waals surface area contributed by atoms with E-state index in [1.54, 1.807) is 4.68 Å². The number of ketones is 1. The first-order valence-corrected chi connectivity index (χ1v) is 8.69. The first-order chi connectivity index (χ1) is 10.4. The van der Waals surface area contributed by atoms with Crippen LogP contribution in [0, 0.1) is 13.8 Å². The summed E-state index contributed by atoms with van der Waals surface area (Å²) < 4.78 is 2.29. The molecule has 8 heteroatoms. The molecule has 0 aliphatic heterocycles. The standard InChI is InChI=1S/C14H15BrClN3O2S/c1-4-19-12(10(15)8(3)18-19)9(20)5-17-14(21)13-11(16)7(2)6-22-13/h6H,4-5H2,1-3H3,(H,17,21). The van der Waals surface area contributed by atoms with Crippen LogP contribution in [0.15, 0.2) is 9.85 Å². The highest BCUT2D eigenvalue weighted by Crippen LogP contribution is 2.27. The second-order valence-electron chi connectivity index (χ2n) is 4.73. The van der Waals surface area contributed by atoms with E-state index in [4.69, 9.17) is 11.6 Å². The van der Waals surface area contributed by atoms with Gasteiger partial charge in [0.25, 0.3) is 5.91 Å². The summed E-state index contributed by atoms with van der Waals surface area (Å²) in [5, 5.41) is 9.13. The van der Waals surface area contributed by atoms with Gasteiger partial charge in [0, 0.05) is 6.54 Å². The molecular formula is C14H15BrClN3O2S. The summed E-state index contributed by atoms with van der Waals surface area (Å²) in [7, 11) is 0. The van der Waals surface area contributed by atoms with E-state index in [0.717, 1.165) is 11.3 Å². The molecule has 2 rings (SSSR count). The maximum atomic E-state index is 12.3. The Bertz CT molecular complexity index is 739. The van der Waals surface area contributed by atoms with Crippen LogP contribution in [-0.4, -0.2) is 28.0 Å². The van der Waals surface area contributed by atoms with Gasteiger partial charge in [0.05, 0.1) is 21.7 Å². The first-order valence-electron chi connectivity index (χ1n) is 6.64. The van der Waals surface area contributed by atoms with Crippen molar-refractivity contribution in [2.45, 2.75) is 27.3 Å². The molecule has 0 unspecified atom stereocenters. The van der Waals surface area contributed by atoms with Crippen molar-refractivity contribution in [3.63, 3.8) is 0 Å². The summed E-state index contributed by atoms with van der Waals surface area (Å²) in [4.78, 5) is 24.9. The van der Waals surface area contributed by atoms with Gasteiger partial charge < -0.3 is 5.32 Å². The number of hydrogen-bond donors (Lipinski definition) is 1. The second-order valence-corrected chi connectivity index (χ2v) is 6.78. The number of halogens is 2. The lowest BCUT2D eigenvalue weighted by Crippen LogP contribution is -2.30. The van der Waals surface area contributed by atoms with Crippen LogP contribution in [0.1, 0.15) is 38.3 Å². The van der Waals surface area contributed by atoms with Crippen molar-refractivity contribution in [2.24, 2.45) is 0 Å². The highest BCUT2D eigenvalue weighted by atomic mass is 79.9. The van der Waals surface area contributed by atoms with Crippen molar-refractivity contribution < 1.29 is 9.59 Å². The van der Waals surface area contributed by atoms with E-state index in [2.05, 4.69) is 26.3 Å². The highest BCUT2D eigenvalue weighted by Gasteiger charge is 2.21. The van der Waals surface area contributed by atoms with Crippen LogP contribution in [0.3, 0.4) is 0 Å². The maximum Gasteiger partial charge on any atom is 0.263 e. The molecule has 0 aliphatic carbocycles. The van der Waals surface area contributed by atoms with E-state index in [-0.39, 0.29) is 18.2 Å². The Labute approximate surface area is 145 Å². The van der Waals surface area contributed by atoms with Gasteiger partial charge in [-0.1, -0.05) is 11.6 Å². The summed E-state index contributed by atoms with van der Waals surface area (Å²) in [5.74, 6) is -0.543. The van der Waals surface area contributed by atoms with Crippen molar-refractivity contribution in [2.75, 3.05) is 6.54 Å².